The number of hydrogen-bond acceptors (Lipinski definition) is 4. The summed E-state index contributed by atoms with van der Waals surface area (Å²) < 4.78 is 14.5. The number of benzene rings is 1. The molecule has 0 unspecified atom stereocenters. The van der Waals surface area contributed by atoms with E-state index >= 15 is 0 Å². The third kappa shape index (κ3) is 5.90. The Balaban J connectivity index is 2.35. The minimum Gasteiger partial charge on any atom is -0.383 e. The Kier molecular flexibility index (Phi) is 7.95. The fourth-order valence-electron chi connectivity index (χ4n) is 2.89. The van der Waals surface area contributed by atoms with Crippen molar-refractivity contribution in [2.75, 3.05) is 17.2 Å². The van der Waals surface area contributed by atoms with Gasteiger partial charge >= 0.3 is 5.69 Å². The highest BCUT2D eigenvalue weighted by Gasteiger charge is 2.22. The first kappa shape index (κ1) is 22.6. The van der Waals surface area contributed by atoms with Gasteiger partial charge in [0.2, 0.25) is 0 Å². The van der Waals surface area contributed by atoms with Crippen LogP contribution in [0.4, 0.5) is 15.9 Å². The van der Waals surface area contributed by atoms with Crippen LogP contribution >= 0.6 is 12.2 Å². The fourth-order valence-corrected chi connectivity index (χ4v) is 3.13. The summed E-state index contributed by atoms with van der Waals surface area (Å²) in [6, 6.07) is 6.06. The van der Waals surface area contributed by atoms with E-state index in [1.165, 1.54) is 16.7 Å². The van der Waals surface area contributed by atoms with Crippen LogP contribution in [-0.4, -0.2) is 21.2 Å². The molecule has 0 amide bonds. The van der Waals surface area contributed by atoms with E-state index in [0.717, 1.165) is 18.4 Å². The zero-order valence-corrected chi connectivity index (χ0v) is 17.8. The van der Waals surface area contributed by atoms with Crippen molar-refractivity contribution in [1.29, 1.82) is 0 Å². The average molecular weight is 422 g/mol. The molecule has 0 fully saturated rings. The van der Waals surface area contributed by atoms with Crippen LogP contribution in [0.25, 0.3) is 0 Å². The van der Waals surface area contributed by atoms with Crippen molar-refractivity contribution in [3.63, 3.8) is 0 Å². The van der Waals surface area contributed by atoms with Gasteiger partial charge in [-0.1, -0.05) is 39.3 Å². The van der Waals surface area contributed by atoms with Crippen LogP contribution < -0.4 is 27.2 Å². The van der Waals surface area contributed by atoms with E-state index in [9.17, 15) is 14.0 Å². The van der Waals surface area contributed by atoms with Gasteiger partial charge in [-0.2, -0.15) is 0 Å². The second-order valence-electron chi connectivity index (χ2n) is 7.29. The van der Waals surface area contributed by atoms with Gasteiger partial charge in [0.1, 0.15) is 11.6 Å². The Morgan fingerprint density at radius 3 is 2.55 bits per heavy atom. The highest BCUT2D eigenvalue weighted by atomic mass is 32.1. The van der Waals surface area contributed by atoms with Gasteiger partial charge in [-0.05, 0) is 42.3 Å². The van der Waals surface area contributed by atoms with E-state index in [-0.39, 0.29) is 23.2 Å². The molecule has 9 heteroatoms. The Bertz CT molecular complexity index is 953. The van der Waals surface area contributed by atoms with Crippen molar-refractivity contribution in [2.45, 2.75) is 46.7 Å². The monoisotopic (exact) mass is 421 g/mol. The number of aromatic nitrogens is 2. The Hall–Kier alpha value is -2.68. The van der Waals surface area contributed by atoms with Gasteiger partial charge in [-0.15, -0.1) is 0 Å². The molecule has 0 saturated carbocycles. The fraction of sp³-hybridized carbons (Fsp3) is 0.450. The maximum atomic E-state index is 13.1. The molecule has 0 aliphatic carbocycles. The Morgan fingerprint density at radius 1 is 1.31 bits per heavy atom. The minimum atomic E-state index is -0.577. The molecule has 2 rings (SSSR count). The minimum absolute atomic E-state index is 0.0961. The zero-order chi connectivity index (χ0) is 21.6. The first-order valence-corrected chi connectivity index (χ1v) is 10.1. The molecule has 29 heavy (non-hydrogen) atoms. The van der Waals surface area contributed by atoms with E-state index in [1.807, 2.05) is 20.8 Å². The number of nitrogen functional groups attached to an aromatic ring is 1. The smallest absolute Gasteiger partial charge is 0.330 e. The number of H-pyrrole nitrogens is 1. The molecule has 0 spiro atoms. The Morgan fingerprint density at radius 2 is 1.97 bits per heavy atom. The highest BCUT2D eigenvalue weighted by Crippen LogP contribution is 2.19. The molecule has 1 aromatic carbocycles. The second kappa shape index (κ2) is 10.2. The maximum Gasteiger partial charge on any atom is 0.330 e. The van der Waals surface area contributed by atoms with Crippen molar-refractivity contribution in [3.8, 4) is 0 Å². The van der Waals surface area contributed by atoms with E-state index in [4.69, 9.17) is 18.0 Å². The van der Waals surface area contributed by atoms with Crippen LogP contribution in [0.15, 0.2) is 33.9 Å². The summed E-state index contributed by atoms with van der Waals surface area (Å²) in [6.45, 7) is 7.21. The molecule has 0 bridgehead atoms. The van der Waals surface area contributed by atoms with Crippen molar-refractivity contribution in [2.24, 2.45) is 5.92 Å². The molecule has 2 aromatic rings. The van der Waals surface area contributed by atoms with Crippen molar-refractivity contribution < 1.29 is 4.39 Å². The predicted molar refractivity (Wildman–Crippen MR) is 119 cm³/mol. The van der Waals surface area contributed by atoms with Crippen molar-refractivity contribution in [3.05, 3.63) is 56.5 Å². The van der Waals surface area contributed by atoms with E-state index < -0.39 is 11.2 Å². The quantitative estimate of drug-likeness (QED) is 0.567. The van der Waals surface area contributed by atoms with E-state index in [0.29, 0.717) is 24.7 Å². The Labute approximate surface area is 174 Å². The first-order chi connectivity index (χ1) is 13.7. The summed E-state index contributed by atoms with van der Waals surface area (Å²) in [7, 11) is 0. The summed E-state index contributed by atoms with van der Waals surface area (Å²) in [4.78, 5) is 28.8. The lowest BCUT2D eigenvalue weighted by Gasteiger charge is -2.28. The molecular weight excluding hydrogens is 393 g/mol. The molecule has 0 atom stereocenters. The molecule has 0 aliphatic rings. The summed E-state index contributed by atoms with van der Waals surface area (Å²) in [5.74, 6) is -0.0411. The largest absolute Gasteiger partial charge is 0.383 e. The van der Waals surface area contributed by atoms with Crippen molar-refractivity contribution >= 4 is 28.8 Å². The number of nitrogens with zero attached hydrogens (tertiary/aromatic N) is 2. The summed E-state index contributed by atoms with van der Waals surface area (Å²) in [5.41, 5.74) is 6.13. The molecule has 1 heterocycles. The number of aromatic amines is 1. The number of nitrogens with one attached hydrogen (secondary N) is 2. The number of nitrogens with two attached hydrogens (primary N) is 1. The van der Waals surface area contributed by atoms with Crippen molar-refractivity contribution in [1.82, 2.24) is 14.9 Å². The second-order valence-corrected chi connectivity index (χ2v) is 7.67. The van der Waals surface area contributed by atoms with E-state index in [1.54, 1.807) is 17.0 Å². The third-order valence-electron chi connectivity index (χ3n) is 4.37. The molecule has 158 valence electrons. The van der Waals surface area contributed by atoms with Crippen LogP contribution in [0.2, 0.25) is 0 Å². The normalized spacial score (nSPS) is 10.9. The lowest BCUT2D eigenvalue weighted by molar-refractivity contribution is 0.600. The molecule has 0 saturated heterocycles. The standard InChI is InChI=1S/C20H28FN5O2S/c1-4-5-10-25-17(22)16(18(27)24-19(25)28)26(12-13(2)3)20(29)23-11-14-6-8-15(21)9-7-14/h6-9,13H,4-5,10-12,22H2,1-3H3,(H,23,29)(H,24,27,28). The molecule has 0 aliphatic heterocycles. The lowest BCUT2D eigenvalue weighted by atomic mass is 10.2. The van der Waals surface area contributed by atoms with Gasteiger partial charge in [0.05, 0.1) is 0 Å². The maximum absolute atomic E-state index is 13.1. The van der Waals surface area contributed by atoms with Crippen LogP contribution in [0.1, 0.15) is 39.2 Å². The zero-order valence-electron chi connectivity index (χ0n) is 17.0. The number of unbranched alkanes of at least 4 members (excludes halogenated alkanes) is 1. The number of halogens is 1. The van der Waals surface area contributed by atoms with Gasteiger partial charge in [-0.25, -0.2) is 9.18 Å². The SMILES string of the molecule is CCCCn1c(N)c(N(CC(C)C)C(=S)NCc2ccc(F)cc2)c(=O)[nH]c1=O. The summed E-state index contributed by atoms with van der Waals surface area (Å²) in [6.07, 6.45) is 1.64. The highest BCUT2D eigenvalue weighted by molar-refractivity contribution is 7.80. The molecule has 0 radical (unpaired) electrons. The summed E-state index contributed by atoms with van der Waals surface area (Å²) in [5, 5.41) is 3.40. The van der Waals surface area contributed by atoms with Crippen LogP contribution in [0, 0.1) is 11.7 Å². The average Bonchev–Trinajstić information content (AvgIpc) is 2.66. The third-order valence-corrected chi connectivity index (χ3v) is 4.73. The number of rotatable bonds is 8. The van der Waals surface area contributed by atoms with Gasteiger partial charge in [0.25, 0.3) is 5.56 Å². The van der Waals surface area contributed by atoms with Gasteiger partial charge < -0.3 is 16.0 Å². The van der Waals surface area contributed by atoms with Gasteiger partial charge in [0.15, 0.2) is 10.8 Å². The van der Waals surface area contributed by atoms with Crippen LogP contribution in [-0.2, 0) is 13.1 Å². The number of thiocarbonyl (C=S) groups is 1. The number of anilines is 2. The summed E-state index contributed by atoms with van der Waals surface area (Å²) >= 11 is 5.53. The topological polar surface area (TPSA) is 96.2 Å². The number of hydrogen-bond donors (Lipinski definition) is 3. The molecule has 7 nitrogen and oxygen atoms in total. The van der Waals surface area contributed by atoms with Crippen LogP contribution in [0.5, 0.6) is 0 Å². The van der Waals surface area contributed by atoms with Gasteiger partial charge in [0, 0.05) is 19.6 Å². The molecule has 4 N–H and O–H groups in total. The molecule has 1 aromatic heterocycles. The van der Waals surface area contributed by atoms with Gasteiger partial charge in [-0.3, -0.25) is 14.3 Å². The molecular formula is C20H28FN5O2S. The first-order valence-electron chi connectivity index (χ1n) is 9.67. The predicted octanol–water partition coefficient (Wildman–Crippen LogP) is 2.60. The van der Waals surface area contributed by atoms with E-state index in [2.05, 4.69) is 10.3 Å². The lowest BCUT2D eigenvalue weighted by Crippen LogP contribution is -2.46. The van der Waals surface area contributed by atoms with Crippen LogP contribution in [0.3, 0.4) is 0 Å².